The molecule has 69 valence electrons. The third-order valence-electron chi connectivity index (χ3n) is 1.28. The summed E-state index contributed by atoms with van der Waals surface area (Å²) in [6, 6.07) is 0. The first kappa shape index (κ1) is 11.4. The molecule has 0 bridgehead atoms. The van der Waals surface area contributed by atoms with Gasteiger partial charge in [0, 0.05) is 13.0 Å². The molecule has 0 aromatic heterocycles. The molecule has 0 aliphatic carbocycles. The minimum absolute atomic E-state index is 0.0394. The van der Waals surface area contributed by atoms with E-state index in [9.17, 15) is 4.79 Å². The Morgan fingerprint density at radius 3 is 2.83 bits per heavy atom. The van der Waals surface area contributed by atoms with Crippen LogP contribution in [0.5, 0.6) is 0 Å². The van der Waals surface area contributed by atoms with Crippen molar-refractivity contribution in [1.82, 2.24) is 0 Å². The van der Waals surface area contributed by atoms with Gasteiger partial charge in [0.1, 0.15) is 0 Å². The Kier molecular flexibility index (Phi) is 6.74. The fraction of sp³-hybridized carbons (Fsp3) is 0.833. The number of carbonyl (C=O) groups excluding carboxylic acids is 1. The van der Waals surface area contributed by atoms with Gasteiger partial charge in [0.25, 0.3) is 7.48 Å². The van der Waals surface area contributed by atoms with Crippen LogP contribution < -0.4 is 5.73 Å². The van der Waals surface area contributed by atoms with Gasteiger partial charge < -0.3 is 20.2 Å². The lowest BCUT2D eigenvalue weighted by molar-refractivity contribution is -0.140. The van der Waals surface area contributed by atoms with Crippen LogP contribution in [0.15, 0.2) is 0 Å². The molecule has 0 amide bonds. The fourth-order valence-electron chi connectivity index (χ4n) is 0.645. The van der Waals surface area contributed by atoms with E-state index in [4.69, 9.17) is 15.5 Å². The lowest BCUT2D eigenvalue weighted by Gasteiger charge is -2.09. The molecule has 3 N–H and O–H groups in total. The molecule has 0 unspecified atom stereocenters. The molecule has 0 aromatic rings. The summed E-state index contributed by atoms with van der Waals surface area (Å²) in [6.07, 6.45) is 0.104. The minimum atomic E-state index is -0.383. The Labute approximate surface area is 72.1 Å². The molecule has 0 aliphatic rings. The highest BCUT2D eigenvalue weighted by Crippen LogP contribution is 2.08. The fourth-order valence-corrected chi connectivity index (χ4v) is 0.645. The summed E-state index contributed by atoms with van der Waals surface area (Å²) in [5, 5.41) is 8.74. The van der Waals surface area contributed by atoms with E-state index in [0.29, 0.717) is 0 Å². The molecule has 1 atom stereocenters. The van der Waals surface area contributed by atoms with Crippen molar-refractivity contribution in [2.45, 2.75) is 12.2 Å². The molecule has 12 heavy (non-hydrogen) atoms. The first-order chi connectivity index (χ1) is 5.74. The average molecular weight is 174 g/mol. The van der Waals surface area contributed by atoms with E-state index >= 15 is 0 Å². The molecule has 5 nitrogen and oxygen atoms in total. The first-order valence-corrected chi connectivity index (χ1v) is 3.57. The lowest BCUT2D eigenvalue weighted by atomic mass is 9.78. The number of rotatable bonds is 6. The van der Waals surface area contributed by atoms with E-state index in [2.05, 4.69) is 4.74 Å². The molecule has 6 heteroatoms. The SMILES string of the molecule is COC(=O)C[C@H]([B]OCN)CO. The highest BCUT2D eigenvalue weighted by atomic mass is 16.5. The summed E-state index contributed by atoms with van der Waals surface area (Å²) in [4.78, 5) is 10.7. The van der Waals surface area contributed by atoms with Crippen LogP contribution in [0.2, 0.25) is 5.82 Å². The van der Waals surface area contributed by atoms with Crippen molar-refractivity contribution in [2.75, 3.05) is 20.4 Å². The van der Waals surface area contributed by atoms with Crippen molar-refractivity contribution in [3.63, 3.8) is 0 Å². The highest BCUT2D eigenvalue weighted by molar-refractivity contribution is 6.30. The predicted octanol–water partition coefficient (Wildman–Crippen LogP) is -1.12. The summed E-state index contributed by atoms with van der Waals surface area (Å²) in [7, 11) is 2.64. The molecule has 1 radical (unpaired) electrons. The standard InChI is InChI=1S/C6H13BNO4/c1-11-6(10)2-5(3-9)7-12-4-8/h5,9H,2-4,8H2,1H3/t5-/m0/s1. The van der Waals surface area contributed by atoms with Gasteiger partial charge in [-0.1, -0.05) is 0 Å². The maximum absolute atomic E-state index is 10.7. The molecule has 0 fully saturated rings. The third-order valence-corrected chi connectivity index (χ3v) is 1.28. The van der Waals surface area contributed by atoms with E-state index in [1.54, 1.807) is 0 Å². The second-order valence-electron chi connectivity index (χ2n) is 2.19. The number of aliphatic hydroxyl groups is 1. The van der Waals surface area contributed by atoms with Crippen LogP contribution in [-0.4, -0.2) is 39.0 Å². The maximum Gasteiger partial charge on any atom is 0.305 e. The second kappa shape index (κ2) is 7.09. The molecule has 0 heterocycles. The van der Waals surface area contributed by atoms with Crippen molar-refractivity contribution >= 4 is 13.5 Å². The topological polar surface area (TPSA) is 81.8 Å². The van der Waals surface area contributed by atoms with Gasteiger partial charge in [0.05, 0.1) is 13.8 Å². The largest absolute Gasteiger partial charge is 0.469 e. The molecule has 0 aromatic carbocycles. The van der Waals surface area contributed by atoms with Gasteiger partial charge in [0.2, 0.25) is 0 Å². The molecule has 0 aliphatic heterocycles. The molecule has 0 saturated heterocycles. The Hall–Kier alpha value is -0.585. The number of hydrogen-bond acceptors (Lipinski definition) is 5. The monoisotopic (exact) mass is 174 g/mol. The summed E-state index contributed by atoms with van der Waals surface area (Å²) < 4.78 is 9.12. The van der Waals surface area contributed by atoms with E-state index in [0.717, 1.165) is 0 Å². The average Bonchev–Trinajstić information content (AvgIpc) is 2.11. The van der Waals surface area contributed by atoms with Crippen molar-refractivity contribution in [1.29, 1.82) is 0 Å². The van der Waals surface area contributed by atoms with E-state index < -0.39 is 0 Å². The number of esters is 1. The Morgan fingerprint density at radius 1 is 1.75 bits per heavy atom. The van der Waals surface area contributed by atoms with Crippen LogP contribution in [0.4, 0.5) is 0 Å². The smallest absolute Gasteiger partial charge is 0.305 e. The minimum Gasteiger partial charge on any atom is -0.469 e. The number of hydrogen-bond donors (Lipinski definition) is 2. The predicted molar refractivity (Wildman–Crippen MR) is 43.4 cm³/mol. The van der Waals surface area contributed by atoms with Crippen molar-refractivity contribution in [2.24, 2.45) is 5.73 Å². The Balaban J connectivity index is 3.59. The lowest BCUT2D eigenvalue weighted by Crippen LogP contribution is -2.19. The highest BCUT2D eigenvalue weighted by Gasteiger charge is 2.15. The Bertz CT molecular complexity index is 133. The zero-order valence-corrected chi connectivity index (χ0v) is 7.03. The van der Waals surface area contributed by atoms with Gasteiger partial charge >= 0.3 is 5.97 Å². The molecule has 0 spiro atoms. The normalized spacial score (nSPS) is 12.2. The van der Waals surface area contributed by atoms with E-state index in [-0.39, 0.29) is 31.5 Å². The van der Waals surface area contributed by atoms with Gasteiger partial charge in [0.15, 0.2) is 0 Å². The molecular weight excluding hydrogens is 161 g/mol. The van der Waals surface area contributed by atoms with Gasteiger partial charge in [-0.2, -0.15) is 0 Å². The summed E-state index contributed by atoms with van der Waals surface area (Å²) in [6.45, 7) is -0.118. The van der Waals surface area contributed by atoms with Crippen LogP contribution in [0.1, 0.15) is 6.42 Å². The summed E-state index contributed by atoms with van der Waals surface area (Å²) in [5.41, 5.74) is 5.04. The number of ether oxygens (including phenoxy) is 1. The van der Waals surface area contributed by atoms with Crippen molar-refractivity contribution in [3.05, 3.63) is 0 Å². The van der Waals surface area contributed by atoms with Crippen LogP contribution >= 0.6 is 0 Å². The van der Waals surface area contributed by atoms with Gasteiger partial charge in [-0.05, 0) is 5.82 Å². The number of aliphatic hydroxyl groups excluding tert-OH is 1. The number of methoxy groups -OCH3 is 1. The molecule has 0 rings (SSSR count). The zero-order valence-electron chi connectivity index (χ0n) is 7.03. The second-order valence-corrected chi connectivity index (χ2v) is 2.19. The van der Waals surface area contributed by atoms with Crippen LogP contribution in [0.3, 0.4) is 0 Å². The van der Waals surface area contributed by atoms with Crippen LogP contribution in [0.25, 0.3) is 0 Å². The maximum atomic E-state index is 10.7. The van der Waals surface area contributed by atoms with E-state index in [1.165, 1.54) is 14.6 Å². The van der Waals surface area contributed by atoms with E-state index in [1.807, 2.05) is 0 Å². The Morgan fingerprint density at radius 2 is 2.42 bits per heavy atom. The third kappa shape index (κ3) is 5.12. The van der Waals surface area contributed by atoms with Crippen LogP contribution in [0, 0.1) is 0 Å². The van der Waals surface area contributed by atoms with Gasteiger partial charge in [-0.15, -0.1) is 0 Å². The quantitative estimate of drug-likeness (QED) is 0.303. The van der Waals surface area contributed by atoms with Gasteiger partial charge in [-0.25, -0.2) is 0 Å². The molecule has 0 saturated carbocycles. The van der Waals surface area contributed by atoms with Crippen molar-refractivity contribution < 1.29 is 19.3 Å². The molecular formula is C6H13BNO4. The zero-order chi connectivity index (χ0) is 9.40. The van der Waals surface area contributed by atoms with Crippen molar-refractivity contribution in [3.8, 4) is 0 Å². The number of carbonyl (C=O) groups is 1. The summed E-state index contributed by atoms with van der Waals surface area (Å²) in [5.74, 6) is -0.730. The summed E-state index contributed by atoms with van der Waals surface area (Å²) >= 11 is 0. The first-order valence-electron chi connectivity index (χ1n) is 3.57. The number of nitrogens with two attached hydrogens (primary N) is 1. The van der Waals surface area contributed by atoms with Crippen LogP contribution in [-0.2, 0) is 14.2 Å². The van der Waals surface area contributed by atoms with Gasteiger partial charge in [-0.3, -0.25) is 4.79 Å².